The Morgan fingerprint density at radius 1 is 1.00 bits per heavy atom. The molecule has 0 aliphatic rings. The van der Waals surface area contributed by atoms with Crippen molar-refractivity contribution in [1.29, 1.82) is 0 Å². The lowest BCUT2D eigenvalue weighted by Gasteiger charge is -2.25. The van der Waals surface area contributed by atoms with Crippen LogP contribution in [0, 0.1) is 11.8 Å². The predicted molar refractivity (Wildman–Crippen MR) is 130 cm³/mol. The smallest absolute Gasteiger partial charge is 0.139 e. The van der Waals surface area contributed by atoms with Gasteiger partial charge >= 0.3 is 0 Å². The Balaban J connectivity index is 0.000000216. The van der Waals surface area contributed by atoms with E-state index in [1.165, 1.54) is 47.5 Å². The quantitative estimate of drug-likeness (QED) is 0.336. The molecule has 3 aromatic heterocycles. The molecule has 2 atom stereocenters. The number of aromatic nitrogens is 3. The fourth-order valence-corrected chi connectivity index (χ4v) is 4.54. The molecule has 0 aliphatic carbocycles. The maximum Gasteiger partial charge on any atom is 0.139 e. The molecule has 1 aromatic carbocycles. The van der Waals surface area contributed by atoms with Crippen LogP contribution in [-0.4, -0.2) is 14.5 Å². The molecular formula is C27H37N3. The van der Waals surface area contributed by atoms with Crippen molar-refractivity contribution in [3.8, 4) is 0 Å². The molecule has 0 spiro atoms. The van der Waals surface area contributed by atoms with Crippen LogP contribution in [0.5, 0.6) is 0 Å². The Bertz CT molecular complexity index is 1030. The molecule has 0 radical (unpaired) electrons. The minimum absolute atomic E-state index is 0.563. The van der Waals surface area contributed by atoms with E-state index in [0.717, 1.165) is 11.6 Å². The standard InChI is InChI=1S/C17H23N3.C10H14/c1-4-6-12(3)15(5-2)20-10-8-13-11-19-17-14(16(13)20)7-9-18-17;1-9(2)8-10-6-4-3-5-7-10/h7-12,15H,4-6H2,1-3H3,(H,18,19);3-7,9H,8H2,1-2H3. The van der Waals surface area contributed by atoms with Crippen LogP contribution in [0.2, 0.25) is 0 Å². The SMILES string of the molecule is CC(C)Cc1ccccc1.CCCC(C)C(CC)n1ccc2cnc3[nH]ccc3c21. The summed E-state index contributed by atoms with van der Waals surface area (Å²) in [7, 11) is 0. The highest BCUT2D eigenvalue weighted by atomic mass is 15.0. The summed E-state index contributed by atoms with van der Waals surface area (Å²) in [5.74, 6) is 1.46. The minimum Gasteiger partial charge on any atom is -0.346 e. The van der Waals surface area contributed by atoms with Crippen LogP contribution >= 0.6 is 0 Å². The molecule has 0 saturated carbocycles. The van der Waals surface area contributed by atoms with Crippen molar-refractivity contribution in [3.05, 3.63) is 66.6 Å². The normalized spacial score (nSPS) is 13.4. The fraction of sp³-hybridized carbons (Fsp3) is 0.444. The van der Waals surface area contributed by atoms with Gasteiger partial charge in [-0.2, -0.15) is 0 Å². The molecule has 1 N–H and O–H groups in total. The van der Waals surface area contributed by atoms with Gasteiger partial charge in [0.25, 0.3) is 0 Å². The lowest BCUT2D eigenvalue weighted by atomic mass is 9.94. The number of nitrogens with one attached hydrogen (secondary N) is 1. The Morgan fingerprint density at radius 3 is 2.43 bits per heavy atom. The van der Waals surface area contributed by atoms with Crippen molar-refractivity contribution in [1.82, 2.24) is 14.5 Å². The summed E-state index contributed by atoms with van der Waals surface area (Å²) in [5.41, 5.74) is 3.75. The molecule has 4 rings (SSSR count). The van der Waals surface area contributed by atoms with Crippen LogP contribution < -0.4 is 0 Å². The van der Waals surface area contributed by atoms with Gasteiger partial charge in [0.15, 0.2) is 0 Å². The highest BCUT2D eigenvalue weighted by Crippen LogP contribution is 2.32. The topological polar surface area (TPSA) is 33.6 Å². The Labute approximate surface area is 181 Å². The lowest BCUT2D eigenvalue weighted by molar-refractivity contribution is 0.330. The van der Waals surface area contributed by atoms with Crippen molar-refractivity contribution in [2.45, 2.75) is 66.3 Å². The Morgan fingerprint density at radius 2 is 1.77 bits per heavy atom. The second-order valence-corrected chi connectivity index (χ2v) is 8.85. The molecular weight excluding hydrogens is 366 g/mol. The maximum absolute atomic E-state index is 4.48. The molecule has 3 nitrogen and oxygen atoms in total. The van der Waals surface area contributed by atoms with Gasteiger partial charge in [0, 0.05) is 35.4 Å². The van der Waals surface area contributed by atoms with Gasteiger partial charge in [0.05, 0.1) is 5.52 Å². The first-order valence-corrected chi connectivity index (χ1v) is 11.5. The number of aromatic amines is 1. The van der Waals surface area contributed by atoms with Crippen LogP contribution in [0.3, 0.4) is 0 Å². The molecule has 3 heteroatoms. The van der Waals surface area contributed by atoms with Crippen molar-refractivity contribution in [3.63, 3.8) is 0 Å². The molecule has 4 aromatic rings. The van der Waals surface area contributed by atoms with Crippen molar-refractivity contribution in [2.24, 2.45) is 11.8 Å². The lowest BCUT2D eigenvalue weighted by Crippen LogP contribution is -2.15. The summed E-state index contributed by atoms with van der Waals surface area (Å²) in [4.78, 5) is 7.70. The number of nitrogens with zero attached hydrogens (tertiary/aromatic N) is 2. The number of H-pyrrole nitrogens is 1. The van der Waals surface area contributed by atoms with Gasteiger partial charge in [-0.05, 0) is 48.8 Å². The maximum atomic E-state index is 4.48. The molecule has 0 bridgehead atoms. The Kier molecular flexibility index (Phi) is 7.73. The van der Waals surface area contributed by atoms with Gasteiger partial charge in [-0.3, -0.25) is 0 Å². The first kappa shape index (κ1) is 22.1. The van der Waals surface area contributed by atoms with E-state index in [1.54, 1.807) is 0 Å². The van der Waals surface area contributed by atoms with Crippen LogP contribution in [0.4, 0.5) is 0 Å². The summed E-state index contributed by atoms with van der Waals surface area (Å²) in [6, 6.07) is 15.5. The third-order valence-electron chi connectivity index (χ3n) is 5.92. The third kappa shape index (κ3) is 5.13. The number of fused-ring (bicyclic) bond motifs is 3. The molecule has 3 heterocycles. The predicted octanol–water partition coefficient (Wildman–Crippen LogP) is 7.79. The number of rotatable bonds is 7. The second-order valence-electron chi connectivity index (χ2n) is 8.85. The van der Waals surface area contributed by atoms with Gasteiger partial charge in [-0.1, -0.05) is 71.4 Å². The van der Waals surface area contributed by atoms with E-state index in [1.807, 2.05) is 12.4 Å². The summed E-state index contributed by atoms with van der Waals surface area (Å²) in [5, 5.41) is 2.47. The van der Waals surface area contributed by atoms with Crippen LogP contribution in [0.15, 0.2) is 61.1 Å². The van der Waals surface area contributed by atoms with Gasteiger partial charge in [0.2, 0.25) is 0 Å². The molecule has 0 saturated heterocycles. The fourth-order valence-electron chi connectivity index (χ4n) is 4.54. The zero-order valence-corrected chi connectivity index (χ0v) is 19.2. The van der Waals surface area contributed by atoms with E-state index in [0.29, 0.717) is 12.0 Å². The zero-order valence-electron chi connectivity index (χ0n) is 19.2. The monoisotopic (exact) mass is 403 g/mol. The van der Waals surface area contributed by atoms with Gasteiger partial charge < -0.3 is 9.55 Å². The van der Waals surface area contributed by atoms with E-state index in [4.69, 9.17) is 0 Å². The van der Waals surface area contributed by atoms with E-state index in [9.17, 15) is 0 Å². The largest absolute Gasteiger partial charge is 0.346 e. The highest BCUT2D eigenvalue weighted by molar-refractivity contribution is 6.02. The number of benzene rings is 1. The van der Waals surface area contributed by atoms with E-state index in [-0.39, 0.29) is 0 Å². The average molecular weight is 404 g/mol. The summed E-state index contributed by atoms with van der Waals surface area (Å²) < 4.78 is 2.47. The van der Waals surface area contributed by atoms with Gasteiger partial charge in [-0.25, -0.2) is 4.98 Å². The van der Waals surface area contributed by atoms with Gasteiger partial charge in [0.1, 0.15) is 5.65 Å². The molecule has 160 valence electrons. The third-order valence-corrected chi connectivity index (χ3v) is 5.92. The van der Waals surface area contributed by atoms with Crippen LogP contribution in [0.1, 0.15) is 65.5 Å². The first-order valence-electron chi connectivity index (χ1n) is 11.5. The minimum atomic E-state index is 0.563. The van der Waals surface area contributed by atoms with Gasteiger partial charge in [-0.15, -0.1) is 0 Å². The zero-order chi connectivity index (χ0) is 21.5. The molecule has 30 heavy (non-hydrogen) atoms. The summed E-state index contributed by atoms with van der Waals surface area (Å²) in [6.45, 7) is 11.4. The van der Waals surface area contributed by atoms with E-state index in [2.05, 4.69) is 97.8 Å². The van der Waals surface area contributed by atoms with E-state index >= 15 is 0 Å². The number of hydrogen-bond acceptors (Lipinski definition) is 1. The average Bonchev–Trinajstić information content (AvgIpc) is 3.36. The summed E-state index contributed by atoms with van der Waals surface area (Å²) in [6.07, 6.45) is 11.1. The second kappa shape index (κ2) is 10.5. The molecule has 0 fully saturated rings. The summed E-state index contributed by atoms with van der Waals surface area (Å²) >= 11 is 0. The molecule has 2 unspecified atom stereocenters. The number of hydrogen-bond donors (Lipinski definition) is 1. The highest BCUT2D eigenvalue weighted by Gasteiger charge is 2.19. The molecule has 0 aliphatic heterocycles. The molecule has 0 amide bonds. The van der Waals surface area contributed by atoms with Crippen molar-refractivity contribution >= 4 is 21.9 Å². The van der Waals surface area contributed by atoms with E-state index < -0.39 is 0 Å². The van der Waals surface area contributed by atoms with Crippen molar-refractivity contribution in [2.75, 3.05) is 0 Å². The number of pyridine rings is 1. The Hall–Kier alpha value is -2.55. The van der Waals surface area contributed by atoms with Crippen molar-refractivity contribution < 1.29 is 0 Å². The van der Waals surface area contributed by atoms with Crippen LogP contribution in [-0.2, 0) is 6.42 Å². The first-order chi connectivity index (χ1) is 14.5. The van der Waals surface area contributed by atoms with Crippen LogP contribution in [0.25, 0.3) is 21.9 Å².